The molecule has 0 aromatic heterocycles. The van der Waals surface area contributed by atoms with Crippen molar-refractivity contribution in [2.45, 2.75) is 31.8 Å². The zero-order chi connectivity index (χ0) is 23.0. The summed E-state index contributed by atoms with van der Waals surface area (Å²) in [5.74, 6) is 1.26. The lowest BCUT2D eigenvalue weighted by molar-refractivity contribution is -0.134. The van der Waals surface area contributed by atoms with Gasteiger partial charge in [0, 0.05) is 31.3 Å². The first-order valence-corrected chi connectivity index (χ1v) is 11.5. The highest BCUT2D eigenvalue weighted by Gasteiger charge is 2.59. The van der Waals surface area contributed by atoms with E-state index in [9.17, 15) is 9.59 Å². The number of ether oxygens (including phenoxy) is 3. The van der Waals surface area contributed by atoms with Gasteiger partial charge >= 0.3 is 6.09 Å². The van der Waals surface area contributed by atoms with Gasteiger partial charge in [-0.1, -0.05) is 36.4 Å². The second-order valence-corrected chi connectivity index (χ2v) is 9.39. The van der Waals surface area contributed by atoms with Crippen molar-refractivity contribution in [1.29, 1.82) is 0 Å². The van der Waals surface area contributed by atoms with Gasteiger partial charge in [0.2, 0.25) is 5.91 Å². The summed E-state index contributed by atoms with van der Waals surface area (Å²) in [6.07, 6.45) is 2.15. The Hall–Kier alpha value is -3.06. The van der Waals surface area contributed by atoms with Crippen LogP contribution in [0.3, 0.4) is 0 Å². The quantitative estimate of drug-likeness (QED) is 0.643. The highest BCUT2D eigenvalue weighted by Crippen LogP contribution is 2.57. The largest absolute Gasteiger partial charge is 0.497 e. The minimum Gasteiger partial charge on any atom is -0.497 e. The van der Waals surface area contributed by atoms with E-state index in [1.807, 2.05) is 48.5 Å². The van der Waals surface area contributed by atoms with Crippen molar-refractivity contribution in [1.82, 2.24) is 9.80 Å². The van der Waals surface area contributed by atoms with Gasteiger partial charge in [0.15, 0.2) is 0 Å². The Labute approximate surface area is 194 Å². The number of carbonyl (C=O) groups excluding carboxylic acids is 2. The third kappa shape index (κ3) is 4.17. The van der Waals surface area contributed by atoms with Gasteiger partial charge in [-0.15, -0.1) is 0 Å². The molecule has 7 nitrogen and oxygen atoms in total. The first-order valence-electron chi connectivity index (χ1n) is 11.5. The van der Waals surface area contributed by atoms with Crippen LogP contribution in [0.2, 0.25) is 0 Å². The molecule has 2 aromatic rings. The number of benzene rings is 2. The Morgan fingerprint density at radius 2 is 1.91 bits per heavy atom. The molecule has 1 unspecified atom stereocenters. The van der Waals surface area contributed by atoms with E-state index in [-0.39, 0.29) is 29.9 Å². The van der Waals surface area contributed by atoms with Crippen LogP contribution in [-0.4, -0.2) is 61.8 Å². The number of cyclic esters (lactones) is 1. The average Bonchev–Trinajstić information content (AvgIpc) is 3.38. The molecule has 174 valence electrons. The molecule has 2 atom stereocenters. The Balaban J connectivity index is 1.31. The summed E-state index contributed by atoms with van der Waals surface area (Å²) < 4.78 is 16.2. The standard InChI is InChI=1S/C26H30N2O5/c1-31-21-9-8-19(23(13-21)32-2)14-27-15-22(26(17-27)10-11-26)24(29)28-20(16-33-25(28)30)12-18-6-4-3-5-7-18/h3-9,13,20,22H,10-12,14-17H2,1-2H3/t20-,22?/m1/s1. The molecular formula is C26H30N2O5. The van der Waals surface area contributed by atoms with E-state index in [2.05, 4.69) is 4.90 Å². The minimum absolute atomic E-state index is 0.0308. The normalized spacial score (nSPS) is 23.6. The molecule has 1 aliphatic carbocycles. The maximum atomic E-state index is 13.7. The minimum atomic E-state index is -0.507. The molecule has 5 rings (SSSR count). The topological polar surface area (TPSA) is 68.3 Å². The second kappa shape index (κ2) is 8.71. The fourth-order valence-electron chi connectivity index (χ4n) is 5.36. The van der Waals surface area contributed by atoms with E-state index in [0.717, 1.165) is 42.0 Å². The van der Waals surface area contributed by atoms with Crippen LogP contribution in [0.1, 0.15) is 24.0 Å². The summed E-state index contributed by atoms with van der Waals surface area (Å²) in [5, 5.41) is 0. The third-order valence-electron chi connectivity index (χ3n) is 7.31. The lowest BCUT2D eigenvalue weighted by Gasteiger charge is -2.25. The lowest BCUT2D eigenvalue weighted by atomic mass is 9.91. The third-order valence-corrected chi connectivity index (χ3v) is 7.31. The van der Waals surface area contributed by atoms with Crippen molar-refractivity contribution in [3.63, 3.8) is 0 Å². The molecule has 7 heteroatoms. The molecular weight excluding hydrogens is 420 g/mol. The number of imide groups is 1. The van der Waals surface area contributed by atoms with Gasteiger partial charge < -0.3 is 14.2 Å². The molecule has 3 aliphatic rings. The first kappa shape index (κ1) is 21.8. The van der Waals surface area contributed by atoms with Crippen LogP contribution in [0, 0.1) is 11.3 Å². The molecule has 2 heterocycles. The SMILES string of the molecule is COc1ccc(CN2CC(C(=O)N3C(=O)OC[C@H]3Cc3ccccc3)C3(CC3)C2)c(OC)c1. The molecule has 2 aliphatic heterocycles. The van der Waals surface area contributed by atoms with E-state index < -0.39 is 6.09 Å². The molecule has 2 amide bonds. The first-order chi connectivity index (χ1) is 16.0. The van der Waals surface area contributed by atoms with Crippen molar-refractivity contribution >= 4 is 12.0 Å². The average molecular weight is 451 g/mol. The van der Waals surface area contributed by atoms with Crippen LogP contribution in [-0.2, 0) is 22.5 Å². The van der Waals surface area contributed by atoms with Crippen molar-refractivity contribution in [3.8, 4) is 11.5 Å². The fourth-order valence-corrected chi connectivity index (χ4v) is 5.36. The Morgan fingerprint density at radius 1 is 1.12 bits per heavy atom. The number of nitrogens with zero attached hydrogens (tertiary/aromatic N) is 2. The van der Waals surface area contributed by atoms with Crippen LogP contribution in [0.25, 0.3) is 0 Å². The smallest absolute Gasteiger partial charge is 0.416 e. The van der Waals surface area contributed by atoms with E-state index in [1.54, 1.807) is 14.2 Å². The van der Waals surface area contributed by atoms with Gasteiger partial charge in [0.1, 0.15) is 18.1 Å². The van der Waals surface area contributed by atoms with Crippen LogP contribution in [0.15, 0.2) is 48.5 Å². The van der Waals surface area contributed by atoms with Crippen molar-refractivity contribution in [2.24, 2.45) is 11.3 Å². The van der Waals surface area contributed by atoms with E-state index in [1.165, 1.54) is 4.90 Å². The molecule has 0 radical (unpaired) electrons. The van der Waals surface area contributed by atoms with Gasteiger partial charge in [0.25, 0.3) is 0 Å². The summed E-state index contributed by atoms with van der Waals surface area (Å²) >= 11 is 0. The zero-order valence-corrected chi connectivity index (χ0v) is 19.2. The Kier molecular flexibility index (Phi) is 5.74. The molecule has 1 spiro atoms. The Bertz CT molecular complexity index is 1040. The van der Waals surface area contributed by atoms with Gasteiger partial charge in [0.05, 0.1) is 26.2 Å². The maximum Gasteiger partial charge on any atom is 0.416 e. The summed E-state index contributed by atoms with van der Waals surface area (Å²) in [6, 6.07) is 15.5. The van der Waals surface area contributed by atoms with E-state index in [4.69, 9.17) is 14.2 Å². The number of hydrogen-bond donors (Lipinski definition) is 0. The van der Waals surface area contributed by atoms with Crippen LogP contribution in [0.5, 0.6) is 11.5 Å². The zero-order valence-electron chi connectivity index (χ0n) is 19.2. The number of rotatable bonds is 7. The van der Waals surface area contributed by atoms with Crippen LogP contribution in [0.4, 0.5) is 4.79 Å². The van der Waals surface area contributed by atoms with Crippen molar-refractivity contribution in [3.05, 3.63) is 59.7 Å². The molecule has 33 heavy (non-hydrogen) atoms. The van der Waals surface area contributed by atoms with Crippen LogP contribution >= 0.6 is 0 Å². The number of likely N-dealkylation sites (tertiary alicyclic amines) is 1. The summed E-state index contributed by atoms with van der Waals surface area (Å²) in [5.41, 5.74) is 2.13. The van der Waals surface area contributed by atoms with Crippen molar-refractivity contribution < 1.29 is 23.8 Å². The summed E-state index contributed by atoms with van der Waals surface area (Å²) in [4.78, 5) is 29.9. The molecule has 0 N–H and O–H groups in total. The van der Waals surface area contributed by atoms with Crippen LogP contribution < -0.4 is 9.47 Å². The lowest BCUT2D eigenvalue weighted by Crippen LogP contribution is -2.45. The predicted molar refractivity (Wildman–Crippen MR) is 122 cm³/mol. The maximum absolute atomic E-state index is 13.7. The molecule has 1 saturated carbocycles. The summed E-state index contributed by atoms with van der Waals surface area (Å²) in [6.45, 7) is 2.43. The Morgan fingerprint density at radius 3 is 2.61 bits per heavy atom. The summed E-state index contributed by atoms with van der Waals surface area (Å²) in [7, 11) is 3.29. The molecule has 3 fully saturated rings. The number of hydrogen-bond acceptors (Lipinski definition) is 6. The monoisotopic (exact) mass is 450 g/mol. The van der Waals surface area contributed by atoms with Gasteiger partial charge in [-0.25, -0.2) is 9.69 Å². The highest BCUT2D eigenvalue weighted by atomic mass is 16.6. The predicted octanol–water partition coefficient (Wildman–Crippen LogP) is 3.51. The number of methoxy groups -OCH3 is 2. The second-order valence-electron chi connectivity index (χ2n) is 9.39. The number of amides is 2. The fraction of sp³-hybridized carbons (Fsp3) is 0.462. The molecule has 0 bridgehead atoms. The van der Waals surface area contributed by atoms with Crippen molar-refractivity contribution in [2.75, 3.05) is 33.9 Å². The van der Waals surface area contributed by atoms with Gasteiger partial charge in [-0.3, -0.25) is 9.69 Å². The van der Waals surface area contributed by atoms with Gasteiger partial charge in [-0.05, 0) is 36.3 Å². The number of carbonyl (C=O) groups is 2. The van der Waals surface area contributed by atoms with E-state index >= 15 is 0 Å². The molecule has 2 saturated heterocycles. The van der Waals surface area contributed by atoms with Gasteiger partial charge in [-0.2, -0.15) is 0 Å². The molecule has 2 aromatic carbocycles. The highest BCUT2D eigenvalue weighted by molar-refractivity contribution is 5.95. The van der Waals surface area contributed by atoms with E-state index in [0.29, 0.717) is 19.5 Å².